The number of benzene rings is 2. The molecular weight excluding hydrogens is 434 g/mol. The number of morpholine rings is 1. The Morgan fingerprint density at radius 3 is 2.50 bits per heavy atom. The molecule has 0 saturated carbocycles. The zero-order valence-electron chi connectivity index (χ0n) is 19.6. The van der Waals surface area contributed by atoms with Gasteiger partial charge in [-0.1, -0.05) is 43.3 Å². The Morgan fingerprint density at radius 2 is 1.79 bits per heavy atom. The highest BCUT2D eigenvalue weighted by Crippen LogP contribution is 2.21. The van der Waals surface area contributed by atoms with Crippen LogP contribution in [-0.2, 0) is 22.6 Å². The van der Waals surface area contributed by atoms with E-state index in [1.165, 1.54) is 4.57 Å². The number of fused-ring (bicyclic) bond motifs is 1. The molecule has 1 unspecified atom stereocenters. The summed E-state index contributed by atoms with van der Waals surface area (Å²) in [5.41, 5.74) is 6.34. The van der Waals surface area contributed by atoms with Gasteiger partial charge in [-0.05, 0) is 35.7 Å². The number of nitrogens with zero attached hydrogens (tertiary/aromatic N) is 3. The van der Waals surface area contributed by atoms with Crippen LogP contribution in [0.5, 0.6) is 0 Å². The summed E-state index contributed by atoms with van der Waals surface area (Å²) in [6, 6.07) is 13.7. The summed E-state index contributed by atoms with van der Waals surface area (Å²) in [4.78, 5) is 41.2. The molecule has 180 valence electrons. The molecule has 1 atom stereocenters. The van der Waals surface area contributed by atoms with E-state index >= 15 is 0 Å². The third-order valence-corrected chi connectivity index (χ3v) is 6.17. The Kier molecular flexibility index (Phi) is 7.02. The SMILES string of the molecule is CCCn1c(N)c(N2CCOCC2)c(=O)n(CC(=O)NC(C)c2ccc3ccccc3c2)c1=O. The van der Waals surface area contributed by atoms with Crippen LogP contribution in [0.15, 0.2) is 52.1 Å². The Morgan fingerprint density at radius 1 is 1.09 bits per heavy atom. The van der Waals surface area contributed by atoms with Crippen LogP contribution in [0, 0.1) is 0 Å². The van der Waals surface area contributed by atoms with Crippen molar-refractivity contribution in [1.29, 1.82) is 0 Å². The monoisotopic (exact) mass is 465 g/mol. The first-order valence-electron chi connectivity index (χ1n) is 11.6. The second-order valence-corrected chi connectivity index (χ2v) is 8.55. The van der Waals surface area contributed by atoms with Gasteiger partial charge in [0.1, 0.15) is 18.1 Å². The highest BCUT2D eigenvalue weighted by atomic mass is 16.5. The van der Waals surface area contributed by atoms with Crippen LogP contribution < -0.4 is 27.2 Å². The van der Waals surface area contributed by atoms with Crippen molar-refractivity contribution < 1.29 is 9.53 Å². The molecule has 1 aliphatic rings. The van der Waals surface area contributed by atoms with Gasteiger partial charge < -0.3 is 20.7 Å². The third-order valence-electron chi connectivity index (χ3n) is 6.17. The van der Waals surface area contributed by atoms with E-state index in [1.54, 1.807) is 0 Å². The fourth-order valence-electron chi connectivity index (χ4n) is 4.36. The van der Waals surface area contributed by atoms with E-state index < -0.39 is 17.2 Å². The van der Waals surface area contributed by atoms with E-state index in [4.69, 9.17) is 10.5 Å². The molecule has 3 N–H and O–H groups in total. The van der Waals surface area contributed by atoms with Crippen molar-refractivity contribution >= 4 is 28.2 Å². The van der Waals surface area contributed by atoms with Gasteiger partial charge in [-0.25, -0.2) is 9.36 Å². The van der Waals surface area contributed by atoms with E-state index in [9.17, 15) is 14.4 Å². The average molecular weight is 466 g/mol. The van der Waals surface area contributed by atoms with Crippen LogP contribution in [0.1, 0.15) is 31.9 Å². The highest BCUT2D eigenvalue weighted by molar-refractivity contribution is 5.83. The van der Waals surface area contributed by atoms with E-state index in [0.29, 0.717) is 39.3 Å². The first-order chi connectivity index (χ1) is 16.4. The van der Waals surface area contributed by atoms with Gasteiger partial charge in [-0.3, -0.25) is 14.2 Å². The van der Waals surface area contributed by atoms with Crippen LogP contribution in [0.2, 0.25) is 0 Å². The molecule has 1 saturated heterocycles. The molecule has 34 heavy (non-hydrogen) atoms. The molecule has 1 aliphatic heterocycles. The zero-order valence-corrected chi connectivity index (χ0v) is 19.6. The maximum atomic E-state index is 13.3. The maximum Gasteiger partial charge on any atom is 0.333 e. The van der Waals surface area contributed by atoms with Crippen LogP contribution >= 0.6 is 0 Å². The molecule has 9 heteroatoms. The largest absolute Gasteiger partial charge is 0.383 e. The smallest absolute Gasteiger partial charge is 0.333 e. The van der Waals surface area contributed by atoms with Crippen molar-refractivity contribution in [2.75, 3.05) is 36.9 Å². The molecule has 3 aromatic rings. The summed E-state index contributed by atoms with van der Waals surface area (Å²) in [5, 5.41) is 5.11. The summed E-state index contributed by atoms with van der Waals surface area (Å²) in [6.45, 7) is 5.71. The lowest BCUT2D eigenvalue weighted by atomic mass is 10.0. The van der Waals surface area contributed by atoms with Crippen molar-refractivity contribution in [2.45, 2.75) is 39.4 Å². The second kappa shape index (κ2) is 10.1. The zero-order chi connectivity index (χ0) is 24.2. The van der Waals surface area contributed by atoms with E-state index in [0.717, 1.165) is 20.9 Å². The number of ether oxygens (including phenoxy) is 1. The lowest BCUT2D eigenvalue weighted by molar-refractivity contribution is -0.122. The van der Waals surface area contributed by atoms with E-state index in [1.807, 2.05) is 61.2 Å². The molecule has 0 aliphatic carbocycles. The van der Waals surface area contributed by atoms with Gasteiger partial charge in [0.2, 0.25) is 5.91 Å². The lowest BCUT2D eigenvalue weighted by Gasteiger charge is -2.30. The Balaban J connectivity index is 1.61. The number of carbonyl (C=O) groups excluding carboxylic acids is 1. The maximum absolute atomic E-state index is 13.3. The summed E-state index contributed by atoms with van der Waals surface area (Å²) >= 11 is 0. The molecule has 0 radical (unpaired) electrons. The summed E-state index contributed by atoms with van der Waals surface area (Å²) in [5.74, 6) is -0.277. The molecule has 0 bridgehead atoms. The van der Waals surface area contributed by atoms with Gasteiger partial charge >= 0.3 is 5.69 Å². The quantitative estimate of drug-likeness (QED) is 0.551. The third kappa shape index (κ3) is 4.70. The minimum atomic E-state index is -0.574. The van der Waals surface area contributed by atoms with E-state index in [2.05, 4.69) is 5.32 Å². The molecule has 9 nitrogen and oxygen atoms in total. The Labute approximate surface area is 197 Å². The first kappa shape index (κ1) is 23.6. The van der Waals surface area contributed by atoms with E-state index in [-0.39, 0.29) is 24.1 Å². The number of nitrogen functional groups attached to an aromatic ring is 1. The predicted molar refractivity (Wildman–Crippen MR) is 133 cm³/mol. The van der Waals surface area contributed by atoms with Gasteiger partial charge in [-0.15, -0.1) is 0 Å². The van der Waals surface area contributed by atoms with Gasteiger partial charge in [0.15, 0.2) is 0 Å². The minimum absolute atomic E-state index is 0.139. The number of hydrogen-bond donors (Lipinski definition) is 2. The fraction of sp³-hybridized carbons (Fsp3) is 0.400. The number of nitrogens with two attached hydrogens (primary N) is 1. The van der Waals surface area contributed by atoms with Crippen molar-refractivity contribution in [3.8, 4) is 0 Å². The lowest BCUT2D eigenvalue weighted by Crippen LogP contribution is -2.49. The highest BCUT2D eigenvalue weighted by Gasteiger charge is 2.24. The second-order valence-electron chi connectivity index (χ2n) is 8.55. The number of amides is 1. The molecule has 1 amide bonds. The van der Waals surface area contributed by atoms with Crippen LogP contribution in [-0.4, -0.2) is 41.3 Å². The van der Waals surface area contributed by atoms with Crippen molar-refractivity contribution in [1.82, 2.24) is 14.5 Å². The van der Waals surface area contributed by atoms with Crippen molar-refractivity contribution in [3.63, 3.8) is 0 Å². The minimum Gasteiger partial charge on any atom is -0.383 e. The number of carbonyl (C=O) groups is 1. The molecule has 2 aromatic carbocycles. The summed E-state index contributed by atoms with van der Waals surface area (Å²) in [7, 11) is 0. The standard InChI is InChI=1S/C25H31N5O4/c1-3-10-29-23(26)22(28-11-13-34-14-12-28)24(32)30(25(29)33)16-21(31)27-17(2)19-9-8-18-6-4-5-7-20(18)15-19/h4-9,15,17H,3,10-14,16,26H2,1-2H3,(H,27,31). The molecule has 1 fully saturated rings. The Bertz CT molecular complexity index is 1310. The number of anilines is 2. The van der Waals surface area contributed by atoms with Gasteiger partial charge in [0.25, 0.3) is 5.56 Å². The normalized spacial score (nSPS) is 14.8. The van der Waals surface area contributed by atoms with Crippen LogP contribution in [0.4, 0.5) is 11.5 Å². The molecule has 2 heterocycles. The molecule has 0 spiro atoms. The molecular formula is C25H31N5O4. The van der Waals surface area contributed by atoms with Crippen LogP contribution in [0.3, 0.4) is 0 Å². The van der Waals surface area contributed by atoms with Crippen molar-refractivity contribution in [2.24, 2.45) is 0 Å². The summed E-state index contributed by atoms with van der Waals surface area (Å²) < 4.78 is 7.75. The predicted octanol–water partition coefficient (Wildman–Crippen LogP) is 1.87. The van der Waals surface area contributed by atoms with Gasteiger partial charge in [0.05, 0.1) is 19.3 Å². The summed E-state index contributed by atoms with van der Waals surface area (Å²) in [6.07, 6.45) is 0.663. The number of hydrogen-bond acceptors (Lipinski definition) is 6. The van der Waals surface area contributed by atoms with Gasteiger partial charge in [-0.2, -0.15) is 0 Å². The van der Waals surface area contributed by atoms with Crippen LogP contribution in [0.25, 0.3) is 10.8 Å². The average Bonchev–Trinajstić information content (AvgIpc) is 2.85. The fourth-order valence-corrected chi connectivity index (χ4v) is 4.36. The van der Waals surface area contributed by atoms with Gasteiger partial charge in [0, 0.05) is 19.6 Å². The number of rotatable bonds is 7. The molecule has 1 aromatic heterocycles. The Hall–Kier alpha value is -3.59. The topological polar surface area (TPSA) is 112 Å². The number of aromatic nitrogens is 2. The first-order valence-corrected chi connectivity index (χ1v) is 11.6. The number of nitrogens with one attached hydrogen (secondary N) is 1. The van der Waals surface area contributed by atoms with Crippen molar-refractivity contribution in [3.05, 3.63) is 68.9 Å². The molecule has 4 rings (SSSR count).